The van der Waals surface area contributed by atoms with Crippen molar-refractivity contribution in [2.24, 2.45) is 0 Å². The zero-order valence-corrected chi connectivity index (χ0v) is 9.08. The first-order valence-corrected chi connectivity index (χ1v) is 5.38. The molecular weight excluding hydrogens is 206 g/mol. The second kappa shape index (κ2) is 3.22. The Morgan fingerprint density at radius 3 is 2.94 bits per heavy atom. The van der Waals surface area contributed by atoms with Gasteiger partial charge in [-0.05, 0) is 24.6 Å². The average Bonchev–Trinajstić information content (AvgIpc) is 2.25. The molecular formula is C12H13NO3. The quantitative estimate of drug-likeness (QED) is 0.781. The minimum absolute atomic E-state index is 0.0973. The molecule has 16 heavy (non-hydrogen) atoms. The zero-order chi connectivity index (χ0) is 11.2. The van der Waals surface area contributed by atoms with Gasteiger partial charge in [0, 0.05) is 6.42 Å². The lowest BCUT2D eigenvalue weighted by atomic mass is 9.88. The molecule has 2 aliphatic rings. The maximum Gasteiger partial charge on any atom is 0.262 e. The van der Waals surface area contributed by atoms with Crippen molar-refractivity contribution >= 4 is 11.6 Å². The van der Waals surface area contributed by atoms with E-state index in [0.717, 1.165) is 30.0 Å². The van der Waals surface area contributed by atoms with Gasteiger partial charge in [0.1, 0.15) is 5.75 Å². The molecule has 1 aromatic rings. The Morgan fingerprint density at radius 1 is 1.44 bits per heavy atom. The number of ether oxygens (including phenoxy) is 2. The van der Waals surface area contributed by atoms with Crippen LogP contribution in [-0.2, 0) is 15.1 Å². The van der Waals surface area contributed by atoms with Crippen LogP contribution in [0.25, 0.3) is 0 Å². The number of carbonyl (C=O) groups is 1. The number of hydrogen-bond donors (Lipinski definition) is 1. The number of amides is 1. The predicted octanol–water partition coefficient (Wildman–Crippen LogP) is 1.65. The monoisotopic (exact) mass is 219 g/mol. The van der Waals surface area contributed by atoms with Crippen LogP contribution in [0.15, 0.2) is 18.2 Å². The van der Waals surface area contributed by atoms with E-state index in [0.29, 0.717) is 0 Å². The summed E-state index contributed by atoms with van der Waals surface area (Å²) in [6.45, 7) is 2.96. The molecule has 2 aliphatic heterocycles. The maximum atomic E-state index is 11.2. The third-order valence-corrected chi connectivity index (χ3v) is 3.22. The van der Waals surface area contributed by atoms with Crippen LogP contribution in [-0.4, -0.2) is 19.1 Å². The number of anilines is 1. The van der Waals surface area contributed by atoms with E-state index in [1.807, 2.05) is 18.2 Å². The molecule has 0 radical (unpaired) electrons. The summed E-state index contributed by atoms with van der Waals surface area (Å²) in [5, 5.41) is 2.80. The minimum Gasteiger partial charge on any atom is -0.482 e. The van der Waals surface area contributed by atoms with E-state index in [9.17, 15) is 4.79 Å². The van der Waals surface area contributed by atoms with E-state index in [2.05, 4.69) is 12.2 Å². The highest BCUT2D eigenvalue weighted by Gasteiger charge is 2.35. The lowest BCUT2D eigenvalue weighted by Crippen LogP contribution is -2.37. The molecule has 1 saturated heterocycles. The molecule has 1 unspecified atom stereocenters. The number of benzene rings is 1. The summed E-state index contributed by atoms with van der Waals surface area (Å²) in [6.07, 6.45) is 1.01. The third-order valence-electron chi connectivity index (χ3n) is 3.22. The molecule has 1 amide bonds. The van der Waals surface area contributed by atoms with E-state index in [1.165, 1.54) is 0 Å². The first kappa shape index (κ1) is 9.66. The summed E-state index contributed by atoms with van der Waals surface area (Å²) in [7, 11) is 0. The van der Waals surface area contributed by atoms with Crippen molar-refractivity contribution in [3.05, 3.63) is 23.8 Å². The normalized spacial score (nSPS) is 27.4. The van der Waals surface area contributed by atoms with Gasteiger partial charge in [0.15, 0.2) is 6.61 Å². The fraction of sp³-hybridized carbons (Fsp3) is 0.417. The standard InChI is InChI=1S/C12H13NO3/c1-12(4-5-16-12)8-2-3-10-9(6-8)13-11(14)7-15-10/h2-3,6H,4-5,7H2,1H3,(H,13,14). The molecule has 0 saturated carbocycles. The van der Waals surface area contributed by atoms with Gasteiger partial charge in [0.05, 0.1) is 17.9 Å². The third kappa shape index (κ3) is 1.38. The topological polar surface area (TPSA) is 47.6 Å². The number of rotatable bonds is 1. The Kier molecular flexibility index (Phi) is 1.94. The highest BCUT2D eigenvalue weighted by Crippen LogP contribution is 2.40. The Labute approximate surface area is 93.5 Å². The molecule has 2 heterocycles. The fourth-order valence-corrected chi connectivity index (χ4v) is 2.05. The van der Waals surface area contributed by atoms with Crippen LogP contribution in [0.5, 0.6) is 5.75 Å². The Hall–Kier alpha value is -1.55. The molecule has 1 N–H and O–H groups in total. The van der Waals surface area contributed by atoms with Gasteiger partial charge in [-0.25, -0.2) is 0 Å². The molecule has 0 aromatic heterocycles. The van der Waals surface area contributed by atoms with Gasteiger partial charge in [-0.3, -0.25) is 4.79 Å². The molecule has 1 aromatic carbocycles. The Morgan fingerprint density at radius 2 is 2.25 bits per heavy atom. The Balaban J connectivity index is 1.98. The van der Waals surface area contributed by atoms with Gasteiger partial charge < -0.3 is 14.8 Å². The van der Waals surface area contributed by atoms with Gasteiger partial charge in [0.25, 0.3) is 5.91 Å². The van der Waals surface area contributed by atoms with Gasteiger partial charge in [-0.15, -0.1) is 0 Å². The number of hydrogen-bond acceptors (Lipinski definition) is 3. The van der Waals surface area contributed by atoms with Gasteiger partial charge >= 0.3 is 0 Å². The van der Waals surface area contributed by atoms with Crippen LogP contribution in [0.2, 0.25) is 0 Å². The lowest BCUT2D eigenvalue weighted by molar-refractivity contribution is -0.140. The van der Waals surface area contributed by atoms with Crippen molar-refractivity contribution in [1.29, 1.82) is 0 Å². The van der Waals surface area contributed by atoms with Crippen LogP contribution in [0.4, 0.5) is 5.69 Å². The average molecular weight is 219 g/mol. The summed E-state index contributed by atoms with van der Waals surface area (Å²) < 4.78 is 10.9. The molecule has 4 heteroatoms. The zero-order valence-electron chi connectivity index (χ0n) is 9.08. The summed E-state index contributed by atoms with van der Waals surface area (Å²) in [4.78, 5) is 11.2. The molecule has 1 fully saturated rings. The second-order valence-corrected chi connectivity index (χ2v) is 4.38. The van der Waals surface area contributed by atoms with Crippen LogP contribution in [0, 0.1) is 0 Å². The highest BCUT2D eigenvalue weighted by molar-refractivity contribution is 5.95. The van der Waals surface area contributed by atoms with Crippen molar-refractivity contribution in [3.8, 4) is 5.75 Å². The van der Waals surface area contributed by atoms with E-state index < -0.39 is 0 Å². The van der Waals surface area contributed by atoms with Gasteiger partial charge in [0.2, 0.25) is 0 Å². The van der Waals surface area contributed by atoms with Crippen molar-refractivity contribution in [1.82, 2.24) is 0 Å². The molecule has 3 rings (SSSR count). The summed E-state index contributed by atoms with van der Waals surface area (Å²) in [5.41, 5.74) is 1.63. The van der Waals surface area contributed by atoms with Gasteiger partial charge in [-0.2, -0.15) is 0 Å². The highest BCUT2D eigenvalue weighted by atomic mass is 16.5. The molecule has 0 aliphatic carbocycles. The van der Waals surface area contributed by atoms with E-state index in [4.69, 9.17) is 9.47 Å². The molecule has 0 bridgehead atoms. The number of nitrogens with one attached hydrogen (secondary N) is 1. The molecule has 0 spiro atoms. The van der Waals surface area contributed by atoms with Crippen molar-refractivity contribution in [2.75, 3.05) is 18.5 Å². The van der Waals surface area contributed by atoms with Gasteiger partial charge in [-0.1, -0.05) is 6.07 Å². The lowest BCUT2D eigenvalue weighted by Gasteiger charge is -2.39. The van der Waals surface area contributed by atoms with Crippen molar-refractivity contribution in [2.45, 2.75) is 18.9 Å². The summed E-state index contributed by atoms with van der Waals surface area (Å²) in [6, 6.07) is 5.82. The van der Waals surface area contributed by atoms with E-state index in [1.54, 1.807) is 0 Å². The first-order valence-electron chi connectivity index (χ1n) is 5.38. The summed E-state index contributed by atoms with van der Waals surface area (Å²) in [5.74, 6) is 0.621. The van der Waals surface area contributed by atoms with Crippen molar-refractivity contribution in [3.63, 3.8) is 0 Å². The minimum atomic E-state index is -0.197. The second-order valence-electron chi connectivity index (χ2n) is 4.38. The van der Waals surface area contributed by atoms with Crippen LogP contribution >= 0.6 is 0 Å². The molecule has 1 atom stereocenters. The largest absolute Gasteiger partial charge is 0.482 e. The Bertz CT molecular complexity index is 452. The fourth-order valence-electron chi connectivity index (χ4n) is 2.05. The van der Waals surface area contributed by atoms with Crippen molar-refractivity contribution < 1.29 is 14.3 Å². The number of carbonyl (C=O) groups excluding carboxylic acids is 1. The number of fused-ring (bicyclic) bond motifs is 1. The van der Waals surface area contributed by atoms with Crippen LogP contribution in [0.3, 0.4) is 0 Å². The van der Waals surface area contributed by atoms with Crippen LogP contribution in [0.1, 0.15) is 18.9 Å². The smallest absolute Gasteiger partial charge is 0.262 e. The maximum absolute atomic E-state index is 11.2. The first-order chi connectivity index (χ1) is 7.67. The molecule has 84 valence electrons. The van der Waals surface area contributed by atoms with Crippen LogP contribution < -0.4 is 10.1 Å². The predicted molar refractivity (Wildman–Crippen MR) is 58.5 cm³/mol. The van der Waals surface area contributed by atoms with E-state index in [-0.39, 0.29) is 18.1 Å². The SMILES string of the molecule is CC1(c2ccc3c(c2)NC(=O)CO3)CCO1. The molecule has 4 nitrogen and oxygen atoms in total. The van der Waals surface area contributed by atoms with E-state index >= 15 is 0 Å². The summed E-state index contributed by atoms with van der Waals surface area (Å²) >= 11 is 0.